The van der Waals surface area contributed by atoms with E-state index in [2.05, 4.69) is 22.3 Å². The minimum Gasteiger partial charge on any atom is -0.379 e. The number of carbonyl (C=O) groups is 1. The maximum absolute atomic E-state index is 11.9. The van der Waals surface area contributed by atoms with Gasteiger partial charge >= 0.3 is 0 Å². The zero-order chi connectivity index (χ0) is 15.2. The molecule has 0 radical (unpaired) electrons. The predicted octanol–water partition coefficient (Wildman–Crippen LogP) is 1.06. The summed E-state index contributed by atoms with van der Waals surface area (Å²) in [6, 6.07) is 0.344. The van der Waals surface area contributed by atoms with E-state index in [-0.39, 0.29) is 5.91 Å². The fraction of sp³-hybridized carbons (Fsp3) is 0.733. The third-order valence-electron chi connectivity index (χ3n) is 4.05. The van der Waals surface area contributed by atoms with Crippen LogP contribution in [-0.4, -0.2) is 54.9 Å². The van der Waals surface area contributed by atoms with Crippen molar-refractivity contribution in [2.45, 2.75) is 39.7 Å². The molecule has 2 rings (SSSR count). The van der Waals surface area contributed by atoms with E-state index in [0.717, 1.165) is 43.3 Å². The van der Waals surface area contributed by atoms with Crippen molar-refractivity contribution in [2.75, 3.05) is 32.8 Å². The van der Waals surface area contributed by atoms with Crippen LogP contribution in [0.5, 0.6) is 0 Å². The number of amides is 1. The molecular weight excluding hydrogens is 270 g/mol. The van der Waals surface area contributed by atoms with Gasteiger partial charge in [-0.3, -0.25) is 9.69 Å². The molecule has 1 aromatic heterocycles. The molecule has 1 atom stereocenters. The van der Waals surface area contributed by atoms with Crippen molar-refractivity contribution in [2.24, 2.45) is 0 Å². The van der Waals surface area contributed by atoms with Crippen LogP contribution >= 0.6 is 0 Å². The third-order valence-corrected chi connectivity index (χ3v) is 4.05. The minimum absolute atomic E-state index is 0.0788. The van der Waals surface area contributed by atoms with Gasteiger partial charge in [0.2, 0.25) is 5.91 Å². The lowest BCUT2D eigenvalue weighted by atomic mass is 10.1. The van der Waals surface area contributed by atoms with Crippen LogP contribution in [0.15, 0.2) is 4.52 Å². The smallest absolute Gasteiger partial charge is 0.220 e. The van der Waals surface area contributed by atoms with E-state index in [1.165, 1.54) is 0 Å². The van der Waals surface area contributed by atoms with Crippen LogP contribution in [0.4, 0.5) is 0 Å². The summed E-state index contributed by atoms with van der Waals surface area (Å²) in [6.45, 7) is 10.1. The normalized spacial score (nSPS) is 17.7. The molecule has 1 aliphatic heterocycles. The molecule has 0 aromatic carbocycles. The van der Waals surface area contributed by atoms with Crippen molar-refractivity contribution in [1.82, 2.24) is 15.4 Å². The number of aromatic nitrogens is 1. The number of aryl methyl sites for hydroxylation is 2. The molecule has 1 amide bonds. The lowest BCUT2D eigenvalue weighted by Crippen LogP contribution is -2.47. The fourth-order valence-electron chi connectivity index (χ4n) is 2.59. The van der Waals surface area contributed by atoms with Gasteiger partial charge in [-0.25, -0.2) is 0 Å². The minimum atomic E-state index is 0.0788. The van der Waals surface area contributed by atoms with E-state index in [4.69, 9.17) is 9.26 Å². The van der Waals surface area contributed by atoms with Crippen molar-refractivity contribution in [3.8, 4) is 0 Å². The number of hydrogen-bond acceptors (Lipinski definition) is 5. The Balaban J connectivity index is 1.70. The van der Waals surface area contributed by atoms with Crippen molar-refractivity contribution in [1.29, 1.82) is 0 Å². The Hall–Kier alpha value is -1.40. The van der Waals surface area contributed by atoms with E-state index in [1.54, 1.807) is 0 Å². The Morgan fingerprint density at radius 2 is 2.10 bits per heavy atom. The Labute approximate surface area is 125 Å². The highest BCUT2D eigenvalue weighted by Gasteiger charge is 2.17. The van der Waals surface area contributed by atoms with Gasteiger partial charge in [-0.05, 0) is 27.2 Å². The maximum Gasteiger partial charge on any atom is 0.220 e. The van der Waals surface area contributed by atoms with Crippen LogP contribution in [0.25, 0.3) is 0 Å². The second-order valence-electron chi connectivity index (χ2n) is 5.60. The quantitative estimate of drug-likeness (QED) is 0.850. The largest absolute Gasteiger partial charge is 0.379 e. The predicted molar refractivity (Wildman–Crippen MR) is 79.2 cm³/mol. The molecular formula is C15H25N3O3. The SMILES string of the molecule is Cc1noc(C)c1CCC(=O)NC[C@@H](C)N1CCOCC1. The van der Waals surface area contributed by atoms with Crippen LogP contribution in [0.3, 0.4) is 0 Å². The van der Waals surface area contributed by atoms with Crippen molar-refractivity contribution < 1.29 is 14.1 Å². The number of rotatable bonds is 6. The van der Waals surface area contributed by atoms with Gasteiger partial charge in [-0.15, -0.1) is 0 Å². The molecule has 1 fully saturated rings. The molecule has 0 aliphatic carbocycles. The molecule has 0 bridgehead atoms. The molecule has 21 heavy (non-hydrogen) atoms. The highest BCUT2D eigenvalue weighted by molar-refractivity contribution is 5.76. The van der Waals surface area contributed by atoms with E-state index in [1.807, 2.05) is 13.8 Å². The highest BCUT2D eigenvalue weighted by atomic mass is 16.5. The van der Waals surface area contributed by atoms with Gasteiger partial charge in [-0.1, -0.05) is 5.16 Å². The second-order valence-corrected chi connectivity index (χ2v) is 5.60. The zero-order valence-electron chi connectivity index (χ0n) is 13.1. The lowest BCUT2D eigenvalue weighted by Gasteiger charge is -2.32. The van der Waals surface area contributed by atoms with Gasteiger partial charge in [0.15, 0.2) is 0 Å². The van der Waals surface area contributed by atoms with Gasteiger partial charge in [0, 0.05) is 37.7 Å². The topological polar surface area (TPSA) is 67.6 Å². The van der Waals surface area contributed by atoms with Crippen molar-refractivity contribution in [3.63, 3.8) is 0 Å². The number of hydrogen-bond donors (Lipinski definition) is 1. The lowest BCUT2D eigenvalue weighted by molar-refractivity contribution is -0.121. The number of carbonyl (C=O) groups excluding carboxylic acids is 1. The van der Waals surface area contributed by atoms with Gasteiger partial charge < -0.3 is 14.6 Å². The van der Waals surface area contributed by atoms with E-state index < -0.39 is 0 Å². The third kappa shape index (κ3) is 4.54. The zero-order valence-corrected chi connectivity index (χ0v) is 13.1. The first kappa shape index (κ1) is 16.0. The van der Waals surface area contributed by atoms with Crippen LogP contribution in [-0.2, 0) is 16.0 Å². The van der Waals surface area contributed by atoms with Crippen molar-refractivity contribution in [3.05, 3.63) is 17.0 Å². The average molecular weight is 295 g/mol. The molecule has 6 heteroatoms. The highest BCUT2D eigenvalue weighted by Crippen LogP contribution is 2.14. The summed E-state index contributed by atoms with van der Waals surface area (Å²) < 4.78 is 10.4. The summed E-state index contributed by atoms with van der Waals surface area (Å²) in [5, 5.41) is 6.91. The number of nitrogens with one attached hydrogen (secondary N) is 1. The number of nitrogens with zero attached hydrogens (tertiary/aromatic N) is 2. The summed E-state index contributed by atoms with van der Waals surface area (Å²) in [7, 11) is 0. The summed E-state index contributed by atoms with van der Waals surface area (Å²) in [5.74, 6) is 0.886. The Kier molecular flexibility index (Phi) is 5.76. The fourth-order valence-corrected chi connectivity index (χ4v) is 2.59. The van der Waals surface area contributed by atoms with Crippen LogP contribution in [0.2, 0.25) is 0 Å². The molecule has 0 saturated carbocycles. The molecule has 6 nitrogen and oxygen atoms in total. The summed E-state index contributed by atoms with van der Waals surface area (Å²) >= 11 is 0. The maximum atomic E-state index is 11.9. The first-order valence-electron chi connectivity index (χ1n) is 7.58. The molecule has 1 aromatic rings. The van der Waals surface area contributed by atoms with Gasteiger partial charge in [0.05, 0.1) is 18.9 Å². The molecule has 0 spiro atoms. The van der Waals surface area contributed by atoms with Gasteiger partial charge in [-0.2, -0.15) is 0 Å². The average Bonchev–Trinajstić information content (AvgIpc) is 2.82. The van der Waals surface area contributed by atoms with Crippen LogP contribution in [0, 0.1) is 13.8 Å². The first-order valence-corrected chi connectivity index (χ1v) is 7.58. The van der Waals surface area contributed by atoms with Crippen LogP contribution in [0.1, 0.15) is 30.4 Å². The standard InChI is InChI=1S/C15H25N3O3/c1-11(18-6-8-20-9-7-18)10-16-15(19)5-4-14-12(2)17-21-13(14)3/h11H,4-10H2,1-3H3,(H,16,19)/t11-/m1/s1. The molecule has 118 valence electrons. The second kappa shape index (κ2) is 7.56. The Morgan fingerprint density at radius 3 is 2.71 bits per heavy atom. The molecule has 1 aliphatic rings. The van der Waals surface area contributed by atoms with E-state index >= 15 is 0 Å². The molecule has 1 N–H and O–H groups in total. The number of ether oxygens (including phenoxy) is 1. The van der Waals surface area contributed by atoms with Crippen LogP contribution < -0.4 is 5.32 Å². The van der Waals surface area contributed by atoms with Gasteiger partial charge in [0.25, 0.3) is 0 Å². The van der Waals surface area contributed by atoms with Gasteiger partial charge in [0.1, 0.15) is 5.76 Å². The summed E-state index contributed by atoms with van der Waals surface area (Å²) in [4.78, 5) is 14.3. The molecule has 1 saturated heterocycles. The summed E-state index contributed by atoms with van der Waals surface area (Å²) in [5.41, 5.74) is 1.92. The molecule has 0 unspecified atom stereocenters. The number of morpholine rings is 1. The first-order chi connectivity index (χ1) is 10.1. The van der Waals surface area contributed by atoms with E-state index in [9.17, 15) is 4.79 Å². The monoisotopic (exact) mass is 295 g/mol. The van der Waals surface area contributed by atoms with E-state index in [0.29, 0.717) is 25.4 Å². The Morgan fingerprint density at radius 1 is 1.38 bits per heavy atom. The summed E-state index contributed by atoms with van der Waals surface area (Å²) in [6.07, 6.45) is 1.15. The van der Waals surface area contributed by atoms with Crippen molar-refractivity contribution >= 4 is 5.91 Å². The molecule has 2 heterocycles. The Bertz CT molecular complexity index is 447.